The van der Waals surface area contributed by atoms with E-state index >= 15 is 0 Å². The van der Waals surface area contributed by atoms with Crippen LogP contribution < -0.4 is 9.47 Å². The van der Waals surface area contributed by atoms with Gasteiger partial charge in [0.2, 0.25) is 0 Å². The molecule has 0 amide bonds. The van der Waals surface area contributed by atoms with Crippen LogP contribution in [-0.4, -0.2) is 28.8 Å². The van der Waals surface area contributed by atoms with Crippen molar-refractivity contribution in [3.63, 3.8) is 0 Å². The second kappa shape index (κ2) is 6.80. The number of imidazole rings is 1. The highest BCUT2D eigenvalue weighted by atomic mass is 35.5. The molecular weight excluding hydrogens is 350 g/mol. The van der Waals surface area contributed by atoms with Gasteiger partial charge in [-0.25, -0.2) is 4.98 Å². The van der Waals surface area contributed by atoms with Crippen molar-refractivity contribution in [3.8, 4) is 22.9 Å². The number of pyridine rings is 1. The molecule has 1 aromatic carbocycles. The van der Waals surface area contributed by atoms with Gasteiger partial charge in [0.25, 0.3) is 6.01 Å². The van der Waals surface area contributed by atoms with Gasteiger partial charge in [0, 0.05) is 23.4 Å². The maximum Gasteiger partial charge on any atom is 0.298 e. The van der Waals surface area contributed by atoms with E-state index in [0.717, 1.165) is 34.5 Å². The van der Waals surface area contributed by atoms with Crippen molar-refractivity contribution < 1.29 is 9.47 Å². The Balaban J connectivity index is 1.91. The van der Waals surface area contributed by atoms with Crippen molar-refractivity contribution in [2.45, 2.75) is 32.2 Å². The number of hydrogen-bond donors (Lipinski definition) is 0. The summed E-state index contributed by atoms with van der Waals surface area (Å²) in [5.41, 5.74) is 3.53. The number of benzene rings is 1. The second-order valence-electron chi connectivity index (χ2n) is 6.66. The average molecular weight is 372 g/mol. The Morgan fingerprint density at radius 2 is 2.00 bits per heavy atom. The zero-order valence-electron chi connectivity index (χ0n) is 15.2. The summed E-state index contributed by atoms with van der Waals surface area (Å²) in [5.74, 6) is 1.41. The Kier molecular flexibility index (Phi) is 4.49. The monoisotopic (exact) mass is 371 g/mol. The fraction of sp³-hybridized carbons (Fsp3) is 0.400. The number of hydrogen-bond acceptors (Lipinski definition) is 4. The van der Waals surface area contributed by atoms with Crippen LogP contribution in [-0.2, 0) is 0 Å². The van der Waals surface area contributed by atoms with E-state index in [-0.39, 0.29) is 0 Å². The minimum absolute atomic E-state index is 0.365. The molecule has 1 aliphatic carbocycles. The molecule has 1 saturated carbocycles. The van der Waals surface area contributed by atoms with Crippen LogP contribution in [0.2, 0.25) is 5.02 Å². The van der Waals surface area contributed by atoms with Crippen molar-refractivity contribution in [2.24, 2.45) is 5.92 Å². The van der Waals surface area contributed by atoms with Crippen LogP contribution in [0.3, 0.4) is 0 Å². The summed E-state index contributed by atoms with van der Waals surface area (Å²) < 4.78 is 13.0. The number of rotatable bonds is 6. The molecule has 1 aliphatic rings. The molecule has 0 aliphatic heterocycles. The van der Waals surface area contributed by atoms with E-state index in [2.05, 4.69) is 16.5 Å². The van der Waals surface area contributed by atoms with Gasteiger partial charge in [-0.05, 0) is 49.4 Å². The highest BCUT2D eigenvalue weighted by Gasteiger charge is 2.34. The highest BCUT2D eigenvalue weighted by Crippen LogP contribution is 2.45. The van der Waals surface area contributed by atoms with E-state index in [0.29, 0.717) is 23.0 Å². The lowest BCUT2D eigenvalue weighted by Crippen LogP contribution is -2.12. The van der Waals surface area contributed by atoms with Crippen molar-refractivity contribution in [2.75, 3.05) is 14.2 Å². The van der Waals surface area contributed by atoms with Crippen molar-refractivity contribution >= 4 is 22.8 Å². The summed E-state index contributed by atoms with van der Waals surface area (Å²) in [5, 5.41) is 0.625. The molecule has 1 fully saturated rings. The largest absolute Gasteiger partial charge is 0.497 e. The summed E-state index contributed by atoms with van der Waals surface area (Å²) in [6.45, 7) is 2.21. The van der Waals surface area contributed by atoms with Gasteiger partial charge in [0.15, 0.2) is 5.65 Å². The van der Waals surface area contributed by atoms with E-state index in [1.54, 1.807) is 14.2 Å². The molecule has 0 N–H and O–H groups in total. The molecule has 2 aromatic heterocycles. The van der Waals surface area contributed by atoms with E-state index < -0.39 is 0 Å². The maximum atomic E-state index is 6.51. The minimum Gasteiger partial charge on any atom is -0.497 e. The van der Waals surface area contributed by atoms with Crippen LogP contribution in [0.25, 0.3) is 22.3 Å². The van der Waals surface area contributed by atoms with Gasteiger partial charge in [-0.3, -0.25) is 4.57 Å². The minimum atomic E-state index is 0.365. The molecule has 4 rings (SSSR count). The summed E-state index contributed by atoms with van der Waals surface area (Å²) >= 11 is 6.51. The maximum absolute atomic E-state index is 6.51. The fourth-order valence-electron chi connectivity index (χ4n) is 3.68. The van der Waals surface area contributed by atoms with Gasteiger partial charge < -0.3 is 9.47 Å². The Morgan fingerprint density at radius 1 is 1.19 bits per heavy atom. The number of nitrogens with zero attached hydrogens (tertiary/aromatic N) is 3. The first-order valence-corrected chi connectivity index (χ1v) is 9.30. The van der Waals surface area contributed by atoms with Crippen LogP contribution in [0.4, 0.5) is 0 Å². The van der Waals surface area contributed by atoms with E-state index in [9.17, 15) is 0 Å². The predicted octanol–water partition coefficient (Wildman–Crippen LogP) is 5.13. The summed E-state index contributed by atoms with van der Waals surface area (Å²) in [4.78, 5) is 9.39. The quantitative estimate of drug-likeness (QED) is 0.602. The molecule has 26 heavy (non-hydrogen) atoms. The average Bonchev–Trinajstić information content (AvgIpc) is 3.43. The summed E-state index contributed by atoms with van der Waals surface area (Å²) in [7, 11) is 3.29. The number of halogens is 1. The Labute approximate surface area is 157 Å². The van der Waals surface area contributed by atoms with Gasteiger partial charge in [-0.2, -0.15) is 4.98 Å². The number of aromatic nitrogens is 3. The molecule has 1 unspecified atom stereocenters. The molecule has 3 aromatic rings. The summed E-state index contributed by atoms with van der Waals surface area (Å²) in [6.07, 6.45) is 5.35. The highest BCUT2D eigenvalue weighted by molar-refractivity contribution is 6.33. The van der Waals surface area contributed by atoms with E-state index in [1.165, 1.54) is 12.8 Å². The molecular formula is C20H22ClN3O2. The third-order valence-electron chi connectivity index (χ3n) is 5.11. The van der Waals surface area contributed by atoms with Crippen LogP contribution in [0.5, 0.6) is 11.8 Å². The van der Waals surface area contributed by atoms with Crippen molar-refractivity contribution in [1.29, 1.82) is 0 Å². The Hall–Kier alpha value is -2.27. The lowest BCUT2D eigenvalue weighted by molar-refractivity contribution is 0.322. The molecule has 0 bridgehead atoms. The third-order valence-corrected chi connectivity index (χ3v) is 5.42. The SMILES string of the molecule is CCC(C1CC1)n1c(OC)nc2c(-c3ccc(OC)cc3Cl)ccnc21. The molecule has 6 heteroatoms. The second-order valence-corrected chi connectivity index (χ2v) is 7.07. The van der Waals surface area contributed by atoms with Gasteiger partial charge in [-0.15, -0.1) is 0 Å². The first-order chi connectivity index (χ1) is 12.7. The molecule has 0 spiro atoms. The number of fused-ring (bicyclic) bond motifs is 1. The molecule has 0 saturated heterocycles. The normalized spacial score (nSPS) is 15.2. The van der Waals surface area contributed by atoms with Crippen LogP contribution in [0.1, 0.15) is 32.2 Å². The van der Waals surface area contributed by atoms with Gasteiger partial charge >= 0.3 is 0 Å². The van der Waals surface area contributed by atoms with Crippen LogP contribution >= 0.6 is 11.6 Å². The van der Waals surface area contributed by atoms with Gasteiger partial charge in [0.05, 0.1) is 19.2 Å². The lowest BCUT2D eigenvalue weighted by atomic mass is 10.1. The van der Waals surface area contributed by atoms with Crippen LogP contribution in [0, 0.1) is 5.92 Å². The molecule has 1 atom stereocenters. The zero-order valence-corrected chi connectivity index (χ0v) is 16.0. The predicted molar refractivity (Wildman–Crippen MR) is 103 cm³/mol. The first kappa shape index (κ1) is 17.2. The third kappa shape index (κ3) is 2.80. The topological polar surface area (TPSA) is 49.2 Å². The Morgan fingerprint density at radius 3 is 2.62 bits per heavy atom. The molecule has 5 nitrogen and oxygen atoms in total. The Bertz CT molecular complexity index is 950. The number of methoxy groups -OCH3 is 2. The van der Waals surface area contributed by atoms with Gasteiger partial charge in [-0.1, -0.05) is 18.5 Å². The van der Waals surface area contributed by atoms with E-state index in [4.69, 9.17) is 26.1 Å². The van der Waals surface area contributed by atoms with Crippen molar-refractivity contribution in [3.05, 3.63) is 35.5 Å². The zero-order chi connectivity index (χ0) is 18.3. The number of ether oxygens (including phenoxy) is 2. The molecule has 0 radical (unpaired) electrons. The summed E-state index contributed by atoms with van der Waals surface area (Å²) in [6, 6.07) is 8.61. The fourth-order valence-corrected chi connectivity index (χ4v) is 3.95. The smallest absolute Gasteiger partial charge is 0.298 e. The molecule has 136 valence electrons. The standard InChI is InChI=1S/C20H22ClN3O2/c1-4-17(12-5-6-12)24-19-18(23-20(24)26-3)15(9-10-22-19)14-8-7-13(25-2)11-16(14)21/h7-12,17H,4-6H2,1-3H3. The van der Waals surface area contributed by atoms with Crippen LogP contribution in [0.15, 0.2) is 30.5 Å². The lowest BCUT2D eigenvalue weighted by Gasteiger charge is -2.18. The molecule has 2 heterocycles. The van der Waals surface area contributed by atoms with Gasteiger partial charge in [0.1, 0.15) is 11.3 Å². The van der Waals surface area contributed by atoms with Crippen molar-refractivity contribution in [1.82, 2.24) is 14.5 Å². The first-order valence-electron chi connectivity index (χ1n) is 8.92. The van der Waals surface area contributed by atoms with E-state index in [1.807, 2.05) is 30.5 Å².